The first-order valence-electron chi connectivity index (χ1n) is 11.7. The predicted molar refractivity (Wildman–Crippen MR) is 131 cm³/mol. The molecule has 0 atom stereocenters. The van der Waals surface area contributed by atoms with E-state index in [1.165, 1.54) is 18.7 Å². The van der Waals surface area contributed by atoms with Gasteiger partial charge >= 0.3 is 5.97 Å². The number of hydrogen-bond acceptors (Lipinski definition) is 6. The summed E-state index contributed by atoms with van der Waals surface area (Å²) >= 11 is 0. The highest BCUT2D eigenvalue weighted by Crippen LogP contribution is 2.31. The SMILES string of the molecule is COC(=O)c1ccc(CN2CCc3cc(N4CCN(Cc5ccccc5F)CC4)cnc32)cc1. The summed E-state index contributed by atoms with van der Waals surface area (Å²) in [6, 6.07) is 16.9. The number of halogens is 1. The van der Waals surface area contributed by atoms with E-state index in [2.05, 4.69) is 20.8 Å². The van der Waals surface area contributed by atoms with Crippen LogP contribution in [-0.4, -0.2) is 55.7 Å². The monoisotopic (exact) mass is 460 g/mol. The molecule has 1 fully saturated rings. The Morgan fingerprint density at radius 2 is 1.76 bits per heavy atom. The first kappa shape index (κ1) is 22.3. The van der Waals surface area contributed by atoms with E-state index in [1.807, 2.05) is 30.5 Å². The molecule has 1 aromatic heterocycles. The molecule has 1 saturated heterocycles. The molecule has 7 heteroatoms. The third kappa shape index (κ3) is 4.75. The van der Waals surface area contributed by atoms with Gasteiger partial charge in [0.05, 0.1) is 24.6 Å². The second kappa shape index (κ2) is 9.81. The zero-order valence-corrected chi connectivity index (χ0v) is 19.4. The van der Waals surface area contributed by atoms with E-state index < -0.39 is 0 Å². The number of rotatable bonds is 6. The van der Waals surface area contributed by atoms with E-state index in [0.717, 1.165) is 68.3 Å². The molecule has 6 nitrogen and oxygen atoms in total. The van der Waals surface area contributed by atoms with Gasteiger partial charge in [-0.05, 0) is 41.8 Å². The van der Waals surface area contributed by atoms with Crippen LogP contribution in [0.2, 0.25) is 0 Å². The van der Waals surface area contributed by atoms with E-state index in [9.17, 15) is 9.18 Å². The largest absolute Gasteiger partial charge is 0.465 e. The van der Waals surface area contributed by atoms with E-state index in [0.29, 0.717) is 12.1 Å². The van der Waals surface area contributed by atoms with Gasteiger partial charge in [0, 0.05) is 51.4 Å². The van der Waals surface area contributed by atoms with Gasteiger partial charge in [-0.1, -0.05) is 30.3 Å². The number of benzene rings is 2. The number of nitrogens with zero attached hydrogens (tertiary/aromatic N) is 4. The van der Waals surface area contributed by atoms with Crippen LogP contribution in [0.3, 0.4) is 0 Å². The van der Waals surface area contributed by atoms with Gasteiger partial charge in [0.15, 0.2) is 0 Å². The summed E-state index contributed by atoms with van der Waals surface area (Å²) in [5.74, 6) is 0.594. The highest BCUT2D eigenvalue weighted by molar-refractivity contribution is 5.89. The van der Waals surface area contributed by atoms with Gasteiger partial charge in [0.25, 0.3) is 0 Å². The average molecular weight is 461 g/mol. The summed E-state index contributed by atoms with van der Waals surface area (Å²) in [6.07, 6.45) is 2.95. The van der Waals surface area contributed by atoms with Crippen molar-refractivity contribution in [3.05, 3.63) is 88.9 Å². The molecule has 5 rings (SSSR count). The quantitative estimate of drug-likeness (QED) is 0.520. The van der Waals surface area contributed by atoms with Crippen LogP contribution in [0, 0.1) is 5.82 Å². The maximum Gasteiger partial charge on any atom is 0.337 e. The van der Waals surface area contributed by atoms with Gasteiger partial charge < -0.3 is 14.5 Å². The first-order chi connectivity index (χ1) is 16.6. The lowest BCUT2D eigenvalue weighted by molar-refractivity contribution is 0.0600. The summed E-state index contributed by atoms with van der Waals surface area (Å²) in [5, 5.41) is 0. The lowest BCUT2D eigenvalue weighted by atomic mass is 10.1. The number of ether oxygens (including phenoxy) is 1. The number of methoxy groups -OCH3 is 1. The maximum absolute atomic E-state index is 14.0. The summed E-state index contributed by atoms with van der Waals surface area (Å²) < 4.78 is 18.8. The Hall–Kier alpha value is -3.45. The molecule has 3 heterocycles. The Morgan fingerprint density at radius 1 is 1.00 bits per heavy atom. The molecule has 0 aliphatic carbocycles. The van der Waals surface area contributed by atoms with Crippen LogP contribution in [0.4, 0.5) is 15.9 Å². The van der Waals surface area contributed by atoms with Crippen molar-refractivity contribution in [3.8, 4) is 0 Å². The summed E-state index contributed by atoms with van der Waals surface area (Å²) in [6.45, 7) is 5.96. The Balaban J connectivity index is 1.19. The Labute approximate surface area is 199 Å². The number of anilines is 2. The van der Waals surface area contributed by atoms with Gasteiger partial charge in [0.1, 0.15) is 11.6 Å². The van der Waals surface area contributed by atoms with E-state index in [-0.39, 0.29) is 11.8 Å². The van der Waals surface area contributed by atoms with Gasteiger partial charge in [-0.2, -0.15) is 0 Å². The normalized spacial score (nSPS) is 15.9. The van der Waals surface area contributed by atoms with Gasteiger partial charge in [-0.15, -0.1) is 0 Å². The van der Waals surface area contributed by atoms with Crippen molar-refractivity contribution in [2.45, 2.75) is 19.5 Å². The number of carbonyl (C=O) groups excluding carboxylic acids is 1. The fourth-order valence-electron chi connectivity index (χ4n) is 4.76. The second-order valence-corrected chi connectivity index (χ2v) is 8.89. The minimum Gasteiger partial charge on any atom is -0.465 e. The van der Waals surface area contributed by atoms with Crippen molar-refractivity contribution >= 4 is 17.5 Å². The molecule has 0 unspecified atom stereocenters. The number of pyridine rings is 1. The van der Waals surface area contributed by atoms with Crippen molar-refractivity contribution in [1.29, 1.82) is 0 Å². The number of carbonyl (C=O) groups is 1. The molecule has 2 aliphatic rings. The number of piperazine rings is 1. The first-order valence-corrected chi connectivity index (χ1v) is 11.7. The van der Waals surface area contributed by atoms with E-state index in [4.69, 9.17) is 9.72 Å². The number of aromatic nitrogens is 1. The Morgan fingerprint density at radius 3 is 2.50 bits per heavy atom. The minimum absolute atomic E-state index is 0.128. The molecule has 3 aromatic rings. The maximum atomic E-state index is 14.0. The highest BCUT2D eigenvalue weighted by atomic mass is 19.1. The summed E-state index contributed by atoms with van der Waals surface area (Å²) in [7, 11) is 1.39. The smallest absolute Gasteiger partial charge is 0.337 e. The van der Waals surface area contributed by atoms with Crippen LogP contribution in [0.5, 0.6) is 0 Å². The van der Waals surface area contributed by atoms with Crippen LogP contribution in [0.15, 0.2) is 60.8 Å². The highest BCUT2D eigenvalue weighted by Gasteiger charge is 2.24. The van der Waals surface area contributed by atoms with Crippen molar-refractivity contribution < 1.29 is 13.9 Å². The number of esters is 1. The predicted octanol–water partition coefficient (Wildman–Crippen LogP) is 3.89. The zero-order chi connectivity index (χ0) is 23.5. The standard InChI is InChI=1S/C27H29FN4O2/c1-34-27(33)21-8-6-20(7-9-21)18-32-11-10-22-16-24(17-29-26(22)32)31-14-12-30(13-15-31)19-23-4-2-3-5-25(23)28/h2-9,16-17H,10-15,18-19H2,1H3. The van der Waals surface area contributed by atoms with Crippen LogP contribution < -0.4 is 9.80 Å². The van der Waals surface area contributed by atoms with Gasteiger partial charge in [-0.3, -0.25) is 4.90 Å². The molecule has 176 valence electrons. The second-order valence-electron chi connectivity index (χ2n) is 8.89. The molecular weight excluding hydrogens is 431 g/mol. The minimum atomic E-state index is -0.319. The molecule has 2 aromatic carbocycles. The summed E-state index contributed by atoms with van der Waals surface area (Å²) in [4.78, 5) is 23.4. The molecule has 0 spiro atoms. The third-order valence-corrected chi connectivity index (χ3v) is 6.72. The van der Waals surface area contributed by atoms with E-state index in [1.54, 1.807) is 18.2 Å². The van der Waals surface area contributed by atoms with Crippen LogP contribution in [-0.2, 0) is 24.2 Å². The molecular formula is C27H29FN4O2. The molecule has 0 saturated carbocycles. The van der Waals surface area contributed by atoms with Crippen molar-refractivity contribution in [1.82, 2.24) is 9.88 Å². The van der Waals surface area contributed by atoms with Crippen molar-refractivity contribution in [2.75, 3.05) is 49.6 Å². The van der Waals surface area contributed by atoms with Gasteiger partial charge in [-0.25, -0.2) is 14.2 Å². The van der Waals surface area contributed by atoms with E-state index >= 15 is 0 Å². The Bertz CT molecular complexity index is 1160. The zero-order valence-electron chi connectivity index (χ0n) is 19.4. The molecule has 0 amide bonds. The lowest BCUT2D eigenvalue weighted by Crippen LogP contribution is -2.46. The van der Waals surface area contributed by atoms with Crippen molar-refractivity contribution in [3.63, 3.8) is 0 Å². The molecule has 0 N–H and O–H groups in total. The molecule has 34 heavy (non-hydrogen) atoms. The van der Waals surface area contributed by atoms with Crippen molar-refractivity contribution in [2.24, 2.45) is 0 Å². The Kier molecular flexibility index (Phi) is 6.45. The third-order valence-electron chi connectivity index (χ3n) is 6.72. The van der Waals surface area contributed by atoms with Crippen LogP contribution >= 0.6 is 0 Å². The molecule has 0 radical (unpaired) electrons. The van der Waals surface area contributed by atoms with Gasteiger partial charge in [0.2, 0.25) is 0 Å². The number of hydrogen-bond donors (Lipinski definition) is 0. The average Bonchev–Trinajstić information content (AvgIpc) is 3.27. The number of fused-ring (bicyclic) bond motifs is 1. The van der Waals surface area contributed by atoms with Crippen LogP contribution in [0.1, 0.15) is 27.0 Å². The molecule has 0 bridgehead atoms. The topological polar surface area (TPSA) is 48.9 Å². The summed E-state index contributed by atoms with van der Waals surface area (Å²) in [5.41, 5.74) is 4.89. The lowest BCUT2D eigenvalue weighted by Gasteiger charge is -2.36. The fourth-order valence-corrected chi connectivity index (χ4v) is 4.76. The molecule has 2 aliphatic heterocycles. The van der Waals surface area contributed by atoms with Crippen LogP contribution in [0.25, 0.3) is 0 Å². The fraction of sp³-hybridized carbons (Fsp3) is 0.333.